The van der Waals surface area contributed by atoms with Crippen molar-refractivity contribution >= 4 is 16.0 Å². The number of carbonyl (C=O) groups is 1. The lowest BCUT2D eigenvalue weighted by Crippen LogP contribution is -2.46. The van der Waals surface area contributed by atoms with E-state index in [2.05, 4.69) is 9.72 Å². The molecule has 0 radical (unpaired) electrons. The van der Waals surface area contributed by atoms with Crippen molar-refractivity contribution in [3.05, 3.63) is 24.3 Å². The first-order valence-corrected chi connectivity index (χ1v) is 7.66. The van der Waals surface area contributed by atoms with Crippen LogP contribution in [-0.2, 0) is 24.3 Å². The van der Waals surface area contributed by atoms with E-state index in [1.165, 1.54) is 7.11 Å². The van der Waals surface area contributed by atoms with Crippen molar-refractivity contribution in [3.8, 4) is 0 Å². The summed E-state index contributed by atoms with van der Waals surface area (Å²) in [5.74, 6) is -1.21. The summed E-state index contributed by atoms with van der Waals surface area (Å²) in [6.07, 6.45) is 1.40. The molecule has 7 nitrogen and oxygen atoms in total. The highest BCUT2D eigenvalue weighted by atomic mass is 32.2. The zero-order chi connectivity index (χ0) is 15.5. The molecule has 116 valence electrons. The summed E-state index contributed by atoms with van der Waals surface area (Å²) in [5, 5.41) is 0. The standard InChI is InChI=1S/C12H15FN2O5S/c1-19-12(16)5-10-8-15(2-3-20-10)21(17,18)11-4-9(13)6-14-7-11/h4,6-7,10H,2-3,5,8H2,1H3. The zero-order valence-electron chi connectivity index (χ0n) is 11.4. The molecule has 21 heavy (non-hydrogen) atoms. The lowest BCUT2D eigenvalue weighted by molar-refractivity contribution is -0.145. The Morgan fingerprint density at radius 3 is 3.00 bits per heavy atom. The summed E-state index contributed by atoms with van der Waals surface area (Å²) in [6, 6.07) is 0.910. The van der Waals surface area contributed by atoms with Gasteiger partial charge in [-0.1, -0.05) is 0 Å². The maximum Gasteiger partial charge on any atom is 0.308 e. The fourth-order valence-corrected chi connectivity index (χ4v) is 3.42. The van der Waals surface area contributed by atoms with Crippen molar-refractivity contribution in [2.75, 3.05) is 26.8 Å². The molecule has 2 heterocycles. The highest BCUT2D eigenvalue weighted by molar-refractivity contribution is 7.89. The van der Waals surface area contributed by atoms with Gasteiger partial charge in [-0.3, -0.25) is 9.78 Å². The number of rotatable bonds is 4. The molecule has 0 saturated carbocycles. The van der Waals surface area contributed by atoms with Crippen LogP contribution in [0.1, 0.15) is 6.42 Å². The normalized spacial score (nSPS) is 20.2. The molecule has 1 saturated heterocycles. The SMILES string of the molecule is COC(=O)CC1CN(S(=O)(=O)c2cncc(F)c2)CCO1. The van der Waals surface area contributed by atoms with Crippen LogP contribution in [-0.4, -0.2) is 56.6 Å². The number of sulfonamides is 1. The summed E-state index contributed by atoms with van der Waals surface area (Å²) in [5.41, 5.74) is 0. The summed E-state index contributed by atoms with van der Waals surface area (Å²) in [7, 11) is -2.61. The molecular formula is C12H15FN2O5S. The zero-order valence-corrected chi connectivity index (χ0v) is 12.2. The third-order valence-corrected chi connectivity index (χ3v) is 4.87. The molecule has 9 heteroatoms. The highest BCUT2D eigenvalue weighted by Gasteiger charge is 2.32. The second kappa shape index (κ2) is 6.46. The molecule has 0 amide bonds. The summed E-state index contributed by atoms with van der Waals surface area (Å²) in [4.78, 5) is 14.5. The van der Waals surface area contributed by atoms with Crippen molar-refractivity contribution in [1.82, 2.24) is 9.29 Å². The van der Waals surface area contributed by atoms with Crippen LogP contribution in [0.25, 0.3) is 0 Å². The van der Waals surface area contributed by atoms with Gasteiger partial charge in [-0.15, -0.1) is 0 Å². The van der Waals surface area contributed by atoms with Crippen LogP contribution in [0.4, 0.5) is 4.39 Å². The molecule has 1 aliphatic rings. The van der Waals surface area contributed by atoms with Gasteiger partial charge in [-0.25, -0.2) is 12.8 Å². The molecule has 1 unspecified atom stereocenters. The van der Waals surface area contributed by atoms with Crippen molar-refractivity contribution in [3.63, 3.8) is 0 Å². The third-order valence-electron chi connectivity index (χ3n) is 3.04. The quantitative estimate of drug-likeness (QED) is 0.736. The van der Waals surface area contributed by atoms with Gasteiger partial charge in [0.05, 0.1) is 32.4 Å². The minimum atomic E-state index is -3.86. The topological polar surface area (TPSA) is 85.8 Å². The summed E-state index contributed by atoms with van der Waals surface area (Å²) in [6.45, 7) is 0.300. The van der Waals surface area contributed by atoms with E-state index in [4.69, 9.17) is 4.74 Å². The molecule has 0 N–H and O–H groups in total. The lowest BCUT2D eigenvalue weighted by atomic mass is 10.2. The van der Waals surface area contributed by atoms with Gasteiger partial charge in [0.15, 0.2) is 0 Å². The molecule has 0 aromatic carbocycles. The molecule has 0 bridgehead atoms. The summed E-state index contributed by atoms with van der Waals surface area (Å²) < 4.78 is 48.9. The van der Waals surface area contributed by atoms with Crippen LogP contribution in [0.15, 0.2) is 23.4 Å². The number of aromatic nitrogens is 1. The van der Waals surface area contributed by atoms with E-state index < -0.39 is 27.9 Å². The number of hydrogen-bond acceptors (Lipinski definition) is 6. The average Bonchev–Trinajstić information content (AvgIpc) is 2.47. The molecule has 2 rings (SSSR count). The van der Waals surface area contributed by atoms with E-state index in [9.17, 15) is 17.6 Å². The minimum absolute atomic E-state index is 0.00788. The Balaban J connectivity index is 2.15. The number of esters is 1. The van der Waals surface area contributed by atoms with Crippen LogP contribution in [0, 0.1) is 5.82 Å². The largest absolute Gasteiger partial charge is 0.469 e. The Hall–Kier alpha value is -1.58. The Bertz CT molecular complexity index is 622. The fourth-order valence-electron chi connectivity index (χ4n) is 1.99. The Labute approximate surface area is 121 Å². The lowest BCUT2D eigenvalue weighted by Gasteiger charge is -2.31. The van der Waals surface area contributed by atoms with Crippen molar-refractivity contribution in [2.24, 2.45) is 0 Å². The van der Waals surface area contributed by atoms with Gasteiger partial charge in [0.25, 0.3) is 0 Å². The molecule has 0 aliphatic carbocycles. The van der Waals surface area contributed by atoms with Crippen molar-refractivity contribution in [1.29, 1.82) is 0 Å². The third kappa shape index (κ3) is 3.74. The van der Waals surface area contributed by atoms with E-state index in [0.29, 0.717) is 0 Å². The molecule has 1 atom stereocenters. The average molecular weight is 318 g/mol. The van der Waals surface area contributed by atoms with Gasteiger partial charge < -0.3 is 9.47 Å². The first-order valence-electron chi connectivity index (χ1n) is 6.22. The maximum atomic E-state index is 13.1. The van der Waals surface area contributed by atoms with E-state index >= 15 is 0 Å². The van der Waals surface area contributed by atoms with Crippen LogP contribution in [0.3, 0.4) is 0 Å². The number of halogens is 1. The Morgan fingerprint density at radius 1 is 1.57 bits per heavy atom. The van der Waals surface area contributed by atoms with Crippen LogP contribution in [0.2, 0.25) is 0 Å². The van der Waals surface area contributed by atoms with E-state index in [0.717, 1.165) is 22.8 Å². The number of hydrogen-bond donors (Lipinski definition) is 0. The van der Waals surface area contributed by atoms with Gasteiger partial charge >= 0.3 is 5.97 Å². The van der Waals surface area contributed by atoms with E-state index in [1.807, 2.05) is 0 Å². The maximum absolute atomic E-state index is 13.1. The number of ether oxygens (including phenoxy) is 2. The molecule has 1 aliphatic heterocycles. The Morgan fingerprint density at radius 2 is 2.33 bits per heavy atom. The van der Waals surface area contributed by atoms with Crippen molar-refractivity contribution in [2.45, 2.75) is 17.4 Å². The highest BCUT2D eigenvalue weighted by Crippen LogP contribution is 2.19. The second-order valence-corrected chi connectivity index (χ2v) is 6.41. The van der Waals surface area contributed by atoms with Crippen LogP contribution >= 0.6 is 0 Å². The van der Waals surface area contributed by atoms with Crippen LogP contribution < -0.4 is 0 Å². The first kappa shape index (κ1) is 15.8. The molecule has 1 aromatic heterocycles. The fraction of sp³-hybridized carbons (Fsp3) is 0.500. The number of nitrogens with zero attached hydrogens (tertiary/aromatic N) is 2. The molecule has 1 fully saturated rings. The second-order valence-electron chi connectivity index (χ2n) is 4.47. The molecular weight excluding hydrogens is 303 g/mol. The van der Waals surface area contributed by atoms with Gasteiger partial charge in [0, 0.05) is 19.3 Å². The van der Waals surface area contributed by atoms with Gasteiger partial charge in [-0.2, -0.15) is 4.31 Å². The monoisotopic (exact) mass is 318 g/mol. The predicted octanol–water partition coefficient (Wildman–Crippen LogP) is 0.173. The predicted molar refractivity (Wildman–Crippen MR) is 69.3 cm³/mol. The van der Waals surface area contributed by atoms with Crippen LogP contribution in [0.5, 0.6) is 0 Å². The smallest absolute Gasteiger partial charge is 0.308 e. The first-order chi connectivity index (χ1) is 9.93. The van der Waals surface area contributed by atoms with Gasteiger partial charge in [0.1, 0.15) is 10.7 Å². The van der Waals surface area contributed by atoms with E-state index in [-0.39, 0.29) is 31.0 Å². The Kier molecular flexibility index (Phi) is 4.86. The van der Waals surface area contributed by atoms with Gasteiger partial charge in [-0.05, 0) is 6.07 Å². The van der Waals surface area contributed by atoms with E-state index in [1.54, 1.807) is 0 Å². The molecule has 1 aromatic rings. The summed E-state index contributed by atoms with van der Waals surface area (Å²) >= 11 is 0. The number of methoxy groups -OCH3 is 1. The number of pyridine rings is 1. The number of carbonyl (C=O) groups excluding carboxylic acids is 1. The van der Waals surface area contributed by atoms with Crippen molar-refractivity contribution < 1.29 is 27.1 Å². The minimum Gasteiger partial charge on any atom is -0.469 e. The van der Waals surface area contributed by atoms with Gasteiger partial charge in [0.2, 0.25) is 10.0 Å². The number of morpholine rings is 1. The molecule has 0 spiro atoms.